The highest BCUT2D eigenvalue weighted by atomic mass is 19.1. The minimum absolute atomic E-state index is 0.373. The van der Waals surface area contributed by atoms with Crippen LogP contribution in [0, 0.1) is 22.6 Å². The average Bonchev–Trinajstić information content (AvgIpc) is 2.78. The fraction of sp³-hybridized carbons (Fsp3) is 0.462. The molecule has 0 saturated heterocycles. The van der Waals surface area contributed by atoms with Crippen molar-refractivity contribution >= 4 is 0 Å². The van der Waals surface area contributed by atoms with Crippen LogP contribution >= 0.6 is 0 Å². The van der Waals surface area contributed by atoms with Crippen molar-refractivity contribution in [3.05, 3.63) is 35.6 Å². The molecule has 0 radical (unpaired) electrons. The lowest BCUT2D eigenvalue weighted by Crippen LogP contribution is -2.24. The molecule has 0 spiro atoms. The van der Waals surface area contributed by atoms with Gasteiger partial charge in [0.2, 0.25) is 0 Å². The van der Waals surface area contributed by atoms with Crippen molar-refractivity contribution < 1.29 is 9.50 Å². The van der Waals surface area contributed by atoms with Gasteiger partial charge in [0.05, 0.1) is 17.6 Å². The number of aliphatic hydroxyl groups excluding tert-OH is 1. The first-order chi connectivity index (χ1) is 7.68. The molecule has 0 heterocycles. The normalized spacial score (nSPS) is 20.3. The first-order valence-electron chi connectivity index (χ1n) is 5.53. The zero-order valence-electron chi connectivity index (χ0n) is 8.99. The number of hydrogen-bond acceptors (Lipinski definition) is 2. The maximum Gasteiger partial charge on any atom is 0.123 e. The van der Waals surface area contributed by atoms with Crippen LogP contribution in [0.1, 0.15) is 37.4 Å². The molecule has 1 saturated carbocycles. The van der Waals surface area contributed by atoms with E-state index in [-0.39, 0.29) is 5.82 Å². The van der Waals surface area contributed by atoms with Gasteiger partial charge < -0.3 is 5.11 Å². The Kier molecular flexibility index (Phi) is 2.93. The van der Waals surface area contributed by atoms with Crippen LogP contribution in [0.15, 0.2) is 24.3 Å². The number of hydrogen-bond donors (Lipinski definition) is 1. The van der Waals surface area contributed by atoms with Gasteiger partial charge >= 0.3 is 0 Å². The molecule has 1 aromatic rings. The highest BCUT2D eigenvalue weighted by Gasteiger charge is 2.41. The molecule has 2 rings (SSSR count). The van der Waals surface area contributed by atoms with Gasteiger partial charge in [-0.05, 0) is 30.5 Å². The number of aliphatic hydroxyl groups is 1. The standard InChI is InChI=1S/C13H14FNO/c14-11-5-3-4-10(8-11)12(16)13(9-15)6-1-2-7-13/h3-5,8,12,16H,1-2,6-7H2. The first-order valence-corrected chi connectivity index (χ1v) is 5.53. The molecule has 0 aromatic heterocycles. The average molecular weight is 219 g/mol. The first kappa shape index (κ1) is 11.1. The smallest absolute Gasteiger partial charge is 0.123 e. The molecule has 0 amide bonds. The third-order valence-corrected chi connectivity index (χ3v) is 3.41. The minimum atomic E-state index is -0.879. The molecule has 1 fully saturated rings. The summed E-state index contributed by atoms with van der Waals surface area (Å²) in [5.74, 6) is -0.373. The predicted molar refractivity (Wildman–Crippen MR) is 57.9 cm³/mol. The lowest BCUT2D eigenvalue weighted by molar-refractivity contribution is 0.0668. The van der Waals surface area contributed by atoms with Crippen molar-refractivity contribution in [3.63, 3.8) is 0 Å². The van der Waals surface area contributed by atoms with Crippen LogP contribution in [0.25, 0.3) is 0 Å². The van der Waals surface area contributed by atoms with Gasteiger partial charge in [-0.25, -0.2) is 4.39 Å². The Morgan fingerprint density at radius 3 is 2.62 bits per heavy atom. The molecule has 1 N–H and O–H groups in total. The van der Waals surface area contributed by atoms with E-state index in [0.717, 1.165) is 12.8 Å². The Hall–Kier alpha value is -1.40. The summed E-state index contributed by atoms with van der Waals surface area (Å²) in [7, 11) is 0. The zero-order valence-corrected chi connectivity index (χ0v) is 8.99. The van der Waals surface area contributed by atoms with Crippen molar-refractivity contribution in [1.29, 1.82) is 5.26 Å². The Balaban J connectivity index is 2.31. The summed E-state index contributed by atoms with van der Waals surface area (Å²) in [6, 6.07) is 8.10. The van der Waals surface area contributed by atoms with E-state index in [1.807, 2.05) is 0 Å². The van der Waals surface area contributed by atoms with E-state index < -0.39 is 11.5 Å². The van der Waals surface area contributed by atoms with Gasteiger partial charge in [-0.1, -0.05) is 25.0 Å². The second kappa shape index (κ2) is 4.23. The second-order valence-corrected chi connectivity index (χ2v) is 4.43. The summed E-state index contributed by atoms with van der Waals surface area (Å²) < 4.78 is 13.0. The summed E-state index contributed by atoms with van der Waals surface area (Å²) in [6.45, 7) is 0. The molecule has 84 valence electrons. The molecule has 1 unspecified atom stereocenters. The van der Waals surface area contributed by atoms with E-state index in [0.29, 0.717) is 18.4 Å². The summed E-state index contributed by atoms with van der Waals surface area (Å²) >= 11 is 0. The minimum Gasteiger partial charge on any atom is -0.387 e. The lowest BCUT2D eigenvalue weighted by Gasteiger charge is -2.27. The molecule has 1 atom stereocenters. The number of rotatable bonds is 2. The molecule has 1 aliphatic carbocycles. The van der Waals surface area contributed by atoms with E-state index in [4.69, 9.17) is 0 Å². The Morgan fingerprint density at radius 1 is 1.38 bits per heavy atom. The number of halogens is 1. The van der Waals surface area contributed by atoms with Gasteiger partial charge in [-0.3, -0.25) is 0 Å². The van der Waals surface area contributed by atoms with Crippen LogP contribution < -0.4 is 0 Å². The van der Waals surface area contributed by atoms with Crippen molar-refractivity contribution in [1.82, 2.24) is 0 Å². The summed E-state index contributed by atoms with van der Waals surface area (Å²) in [4.78, 5) is 0. The number of benzene rings is 1. The van der Waals surface area contributed by atoms with E-state index in [2.05, 4.69) is 6.07 Å². The van der Waals surface area contributed by atoms with Gasteiger partial charge in [-0.2, -0.15) is 5.26 Å². The highest BCUT2D eigenvalue weighted by Crippen LogP contribution is 2.47. The Morgan fingerprint density at radius 2 is 2.06 bits per heavy atom. The maximum absolute atomic E-state index is 13.0. The monoisotopic (exact) mass is 219 g/mol. The topological polar surface area (TPSA) is 44.0 Å². The fourth-order valence-electron chi connectivity index (χ4n) is 2.45. The molecule has 3 heteroatoms. The van der Waals surface area contributed by atoms with Gasteiger partial charge in [0, 0.05) is 0 Å². The quantitative estimate of drug-likeness (QED) is 0.831. The number of nitriles is 1. The van der Waals surface area contributed by atoms with Crippen LogP contribution in [0.2, 0.25) is 0 Å². The van der Waals surface area contributed by atoms with Crippen molar-refractivity contribution in [2.75, 3.05) is 0 Å². The zero-order chi connectivity index (χ0) is 11.6. The van der Waals surface area contributed by atoms with E-state index in [1.165, 1.54) is 12.1 Å². The fourth-order valence-corrected chi connectivity index (χ4v) is 2.45. The third-order valence-electron chi connectivity index (χ3n) is 3.41. The van der Waals surface area contributed by atoms with Crippen molar-refractivity contribution in [2.24, 2.45) is 5.41 Å². The summed E-state index contributed by atoms with van der Waals surface area (Å²) in [5, 5.41) is 19.4. The lowest BCUT2D eigenvalue weighted by atomic mass is 9.79. The molecule has 16 heavy (non-hydrogen) atoms. The molecule has 0 aliphatic heterocycles. The van der Waals surface area contributed by atoms with Crippen molar-refractivity contribution in [3.8, 4) is 6.07 Å². The SMILES string of the molecule is N#CC1(C(O)c2cccc(F)c2)CCCC1. The second-order valence-electron chi connectivity index (χ2n) is 4.43. The summed E-state index contributed by atoms with van der Waals surface area (Å²) in [5.41, 5.74) is -0.211. The van der Waals surface area contributed by atoms with Crippen LogP contribution in [-0.2, 0) is 0 Å². The van der Waals surface area contributed by atoms with Crippen LogP contribution in [0.5, 0.6) is 0 Å². The molecule has 0 bridgehead atoms. The predicted octanol–water partition coefficient (Wildman–Crippen LogP) is 2.94. The molecule has 2 nitrogen and oxygen atoms in total. The summed E-state index contributed by atoms with van der Waals surface area (Å²) in [6.07, 6.45) is 2.43. The van der Waals surface area contributed by atoms with Gasteiger partial charge in [0.15, 0.2) is 0 Å². The van der Waals surface area contributed by atoms with Gasteiger partial charge in [0.1, 0.15) is 5.82 Å². The maximum atomic E-state index is 13.0. The van der Waals surface area contributed by atoms with E-state index in [1.54, 1.807) is 12.1 Å². The van der Waals surface area contributed by atoms with Crippen LogP contribution in [-0.4, -0.2) is 5.11 Å². The largest absolute Gasteiger partial charge is 0.387 e. The number of nitrogens with zero attached hydrogens (tertiary/aromatic N) is 1. The van der Waals surface area contributed by atoms with Gasteiger partial charge in [-0.15, -0.1) is 0 Å². The van der Waals surface area contributed by atoms with E-state index >= 15 is 0 Å². The molecular formula is C13H14FNO. The molecule has 1 aromatic carbocycles. The highest BCUT2D eigenvalue weighted by molar-refractivity contribution is 5.24. The molecular weight excluding hydrogens is 205 g/mol. The Labute approximate surface area is 94.3 Å². The Bertz CT molecular complexity index is 418. The van der Waals surface area contributed by atoms with Crippen molar-refractivity contribution in [2.45, 2.75) is 31.8 Å². The molecule has 1 aliphatic rings. The van der Waals surface area contributed by atoms with E-state index in [9.17, 15) is 14.8 Å². The van der Waals surface area contributed by atoms with Crippen LogP contribution in [0.4, 0.5) is 4.39 Å². The van der Waals surface area contributed by atoms with Crippen LogP contribution in [0.3, 0.4) is 0 Å². The third kappa shape index (κ3) is 1.81. The van der Waals surface area contributed by atoms with Gasteiger partial charge in [0.25, 0.3) is 0 Å².